The normalized spacial score (nSPS) is 5.33. The first-order valence-electron chi connectivity index (χ1n) is 2.52. The predicted octanol–water partition coefficient (Wildman–Crippen LogP) is -1.18. The van der Waals surface area contributed by atoms with Crippen molar-refractivity contribution in [1.29, 1.82) is 0 Å². The van der Waals surface area contributed by atoms with E-state index < -0.39 is 0 Å². The number of rotatable bonds is 0. The van der Waals surface area contributed by atoms with E-state index in [2.05, 4.69) is 13.2 Å². The Labute approximate surface area is 113 Å². The summed E-state index contributed by atoms with van der Waals surface area (Å²) in [4.78, 5) is 0.905. The van der Waals surface area contributed by atoms with Gasteiger partial charge in [0.2, 0.25) is 0 Å². The van der Waals surface area contributed by atoms with Crippen molar-refractivity contribution >= 4 is 35.7 Å². The van der Waals surface area contributed by atoms with Gasteiger partial charge in [0.05, 0.1) is 0 Å². The molecule has 0 heterocycles. The minimum absolute atomic E-state index is 0. The molecule has 1 rings (SSSR count). The molecule has 0 radical (unpaired) electrons. The Hall–Kier alpha value is 0.756. The summed E-state index contributed by atoms with van der Waals surface area (Å²) < 4.78 is 0. The molecule has 4 heteroatoms. The molecule has 66 valence electrons. The fourth-order valence-corrected chi connectivity index (χ4v) is 0.578. The summed E-state index contributed by atoms with van der Waals surface area (Å²) in [5.41, 5.74) is 0. The Morgan fingerprint density at radius 2 is 1.42 bits per heavy atom. The van der Waals surface area contributed by atoms with Gasteiger partial charge in [-0.2, -0.15) is 4.90 Å². The van der Waals surface area contributed by atoms with Gasteiger partial charge < -0.3 is 31.6 Å². The van der Waals surface area contributed by atoms with Crippen LogP contribution >= 0.6 is 0 Å². The number of hydrogen-bond acceptors (Lipinski definition) is 1. The topological polar surface area (TPSA) is 0 Å². The molecule has 0 aliphatic rings. The molecule has 0 aliphatic heterocycles. The second-order valence-electron chi connectivity index (χ2n) is 1.31. The van der Waals surface area contributed by atoms with E-state index in [0.717, 1.165) is 4.90 Å². The Morgan fingerprint density at radius 1 is 1.08 bits per heavy atom. The summed E-state index contributed by atoms with van der Waals surface area (Å²) in [5.74, 6) is 0. The van der Waals surface area contributed by atoms with Crippen LogP contribution in [0.2, 0.25) is 0 Å². The second-order valence-corrected chi connectivity index (χ2v) is 1.78. The van der Waals surface area contributed by atoms with Crippen molar-refractivity contribution in [2.75, 3.05) is 0 Å². The van der Waals surface area contributed by atoms with Gasteiger partial charge in [0.25, 0.3) is 0 Å². The maximum Gasteiger partial charge on any atom is 2.00 e. The first-order chi connectivity index (χ1) is 4.39. The monoisotopic (exact) mass is 258 g/mol. The molecule has 0 unspecified atom stereocenters. The molecular weight excluding hydrogens is 251 g/mol. The summed E-state index contributed by atoms with van der Waals surface area (Å²) in [5, 5.41) is 0. The van der Waals surface area contributed by atoms with E-state index in [-0.39, 0.29) is 52.5 Å². The third kappa shape index (κ3) is 13.4. The van der Waals surface area contributed by atoms with E-state index in [1.807, 2.05) is 30.3 Å². The average molecular weight is 260 g/mol. The van der Waals surface area contributed by atoms with Crippen LogP contribution in [0.25, 0.3) is 0 Å². The molecule has 1 aromatic carbocycles. The van der Waals surface area contributed by atoms with Crippen LogP contribution in [0.15, 0.2) is 41.8 Å². The minimum Gasteiger partial charge on any atom is -1.00 e. The first-order valence-corrected chi connectivity index (χ1v) is 2.93. The zero-order valence-corrected chi connectivity index (χ0v) is 10.4. The number of hydrogen-bond donors (Lipinski definition) is 0. The maximum atomic E-state index is 4.81. The third-order valence-corrected chi connectivity index (χ3v) is 1.02. The molecule has 0 atom stereocenters. The molecule has 0 aromatic heterocycles. The van der Waals surface area contributed by atoms with Crippen LogP contribution in [0.1, 0.15) is 0 Å². The molecular formula is C8H8ClCuMgS. The van der Waals surface area contributed by atoms with E-state index in [1.165, 1.54) is 0 Å². The zero-order valence-electron chi connectivity index (χ0n) is 6.47. The summed E-state index contributed by atoms with van der Waals surface area (Å²) >= 11 is 4.81. The summed E-state index contributed by atoms with van der Waals surface area (Å²) in [7, 11) is 0. The van der Waals surface area contributed by atoms with Gasteiger partial charge in [-0.25, -0.2) is 0 Å². The number of halogens is 1. The van der Waals surface area contributed by atoms with Crippen molar-refractivity contribution in [3.05, 3.63) is 43.5 Å². The molecule has 0 nitrogen and oxygen atoms in total. The van der Waals surface area contributed by atoms with Gasteiger partial charge in [-0.15, -0.1) is 0 Å². The molecule has 0 amide bonds. The first kappa shape index (κ1) is 23.0. The molecule has 0 N–H and O–H groups in total. The third-order valence-electron chi connectivity index (χ3n) is 0.743. The van der Waals surface area contributed by atoms with Crippen molar-refractivity contribution < 1.29 is 29.5 Å². The van der Waals surface area contributed by atoms with Crippen molar-refractivity contribution in [3.8, 4) is 0 Å². The van der Waals surface area contributed by atoms with Gasteiger partial charge in [-0.05, 0) is 0 Å². The molecule has 1 aromatic rings. The Morgan fingerprint density at radius 3 is 1.58 bits per heavy atom. The summed E-state index contributed by atoms with van der Waals surface area (Å²) in [6, 6.07) is 9.62. The van der Waals surface area contributed by atoms with Crippen molar-refractivity contribution in [1.82, 2.24) is 0 Å². The molecule has 0 fully saturated rings. The fourth-order valence-electron chi connectivity index (χ4n) is 0.420. The molecule has 12 heavy (non-hydrogen) atoms. The summed E-state index contributed by atoms with van der Waals surface area (Å²) in [6.07, 6.45) is 0. The van der Waals surface area contributed by atoms with E-state index in [4.69, 9.17) is 12.6 Å². The second kappa shape index (κ2) is 17.7. The van der Waals surface area contributed by atoms with E-state index in [9.17, 15) is 0 Å². The Bertz CT molecular complexity index is 160. The Balaban J connectivity index is -0.0000000600. The van der Waals surface area contributed by atoms with Gasteiger partial charge in [0, 0.05) is 0 Å². The van der Waals surface area contributed by atoms with Crippen LogP contribution in [0, 0.1) is 6.58 Å². The van der Waals surface area contributed by atoms with Crippen molar-refractivity contribution in [2.45, 2.75) is 4.90 Å². The van der Waals surface area contributed by atoms with Crippen LogP contribution in [0.3, 0.4) is 0 Å². The van der Waals surface area contributed by atoms with Gasteiger partial charge >= 0.3 is 40.1 Å². The van der Waals surface area contributed by atoms with Crippen LogP contribution in [-0.4, -0.2) is 23.1 Å². The standard InChI is InChI=1S/C6H6S.C2H3.ClH.Cu.Mg/c7-6-4-2-1-3-5-6;1-2;;;/h1-5,7H;1H,2H2;1H;;/q;-1;;+1;+2/p-2. The Kier molecular flexibility index (Phi) is 34.0. The van der Waals surface area contributed by atoms with Crippen LogP contribution in [-0.2, 0) is 29.7 Å². The van der Waals surface area contributed by atoms with Crippen LogP contribution in [0.4, 0.5) is 0 Å². The molecule has 0 saturated heterocycles. The largest absolute Gasteiger partial charge is 2.00 e. The van der Waals surface area contributed by atoms with Gasteiger partial charge in [0.1, 0.15) is 0 Å². The van der Waals surface area contributed by atoms with E-state index >= 15 is 0 Å². The maximum absolute atomic E-state index is 4.81. The van der Waals surface area contributed by atoms with Crippen molar-refractivity contribution in [3.63, 3.8) is 0 Å². The SMILES string of the molecule is [CH-]=C.[Cl-].[Cu+].[Mg+2].[S-]c1ccccc1. The smallest absolute Gasteiger partial charge is 1.00 e. The zero-order chi connectivity index (χ0) is 7.11. The quantitative estimate of drug-likeness (QED) is 0.321. The number of benzene rings is 1. The van der Waals surface area contributed by atoms with Gasteiger partial charge in [-0.3, -0.25) is 6.58 Å². The molecule has 0 spiro atoms. The fraction of sp³-hybridized carbons (Fsp3) is 0. The van der Waals surface area contributed by atoms with Crippen LogP contribution < -0.4 is 12.4 Å². The average Bonchev–Trinajstić information content (AvgIpc) is 1.94. The van der Waals surface area contributed by atoms with Crippen LogP contribution in [0.5, 0.6) is 0 Å². The minimum atomic E-state index is 0. The molecule has 0 bridgehead atoms. The van der Waals surface area contributed by atoms with Gasteiger partial charge in [0.15, 0.2) is 0 Å². The molecule has 0 saturated carbocycles. The van der Waals surface area contributed by atoms with Crippen molar-refractivity contribution in [2.24, 2.45) is 0 Å². The summed E-state index contributed by atoms with van der Waals surface area (Å²) in [6.45, 7) is 7.00. The van der Waals surface area contributed by atoms with E-state index in [0.29, 0.717) is 0 Å². The van der Waals surface area contributed by atoms with E-state index in [1.54, 1.807) is 0 Å². The molecule has 0 aliphatic carbocycles. The predicted molar refractivity (Wildman–Crippen MR) is 47.8 cm³/mol. The van der Waals surface area contributed by atoms with Gasteiger partial charge in [-0.1, -0.05) is 30.3 Å².